The van der Waals surface area contributed by atoms with Crippen LogP contribution in [0.1, 0.15) is 32.6 Å². The molecule has 0 spiro atoms. The average molecular weight is 472 g/mol. The first-order valence-corrected chi connectivity index (χ1v) is 10.4. The van der Waals surface area contributed by atoms with Gasteiger partial charge in [-0.3, -0.25) is 0 Å². The Morgan fingerprint density at radius 1 is 1.15 bits per heavy atom. The van der Waals surface area contributed by atoms with E-state index in [0.717, 1.165) is 22.3 Å². The highest BCUT2D eigenvalue weighted by molar-refractivity contribution is 14.1. The van der Waals surface area contributed by atoms with E-state index in [9.17, 15) is 0 Å². The molecule has 27 heavy (non-hydrogen) atoms. The lowest BCUT2D eigenvalue weighted by Crippen LogP contribution is -2.32. The van der Waals surface area contributed by atoms with Gasteiger partial charge in [0.2, 0.25) is 5.95 Å². The summed E-state index contributed by atoms with van der Waals surface area (Å²) in [7, 11) is 0. The highest BCUT2D eigenvalue weighted by Crippen LogP contribution is 2.36. The van der Waals surface area contributed by atoms with Crippen LogP contribution in [0.15, 0.2) is 49.2 Å². The topological polar surface area (TPSA) is 59.5 Å². The van der Waals surface area contributed by atoms with Crippen LogP contribution in [0.2, 0.25) is 0 Å². The van der Waals surface area contributed by atoms with Gasteiger partial charge in [0.1, 0.15) is 5.65 Å². The Bertz CT molecular complexity index is 1100. The molecule has 1 fully saturated rings. The van der Waals surface area contributed by atoms with E-state index in [1.165, 1.54) is 25.7 Å². The Hall–Kier alpha value is -2.16. The molecule has 0 unspecified atom stereocenters. The monoisotopic (exact) mass is 472 g/mol. The summed E-state index contributed by atoms with van der Waals surface area (Å²) in [5, 5.41) is 8.20. The van der Waals surface area contributed by atoms with Gasteiger partial charge >= 0.3 is 0 Å². The second-order valence-electron chi connectivity index (χ2n) is 7.58. The molecule has 1 N–H and O–H groups in total. The van der Waals surface area contributed by atoms with Crippen molar-refractivity contribution < 1.29 is 0 Å². The lowest BCUT2D eigenvalue weighted by atomic mass is 9.87. The number of hydrogen-bond donors (Lipinski definition) is 1. The molecule has 1 saturated carbocycles. The molecular formula is C20H21IN6. The van der Waals surface area contributed by atoms with Gasteiger partial charge < -0.3 is 9.72 Å². The number of pyridine rings is 1. The predicted octanol–water partition coefficient (Wildman–Crippen LogP) is 4.59. The fourth-order valence-corrected chi connectivity index (χ4v) is 4.46. The molecule has 1 aliphatic rings. The number of rotatable bonds is 3. The van der Waals surface area contributed by atoms with E-state index in [4.69, 9.17) is 0 Å². The molecule has 0 amide bonds. The molecule has 0 bridgehead atoms. The van der Waals surface area contributed by atoms with Gasteiger partial charge in [-0.2, -0.15) is 0 Å². The van der Waals surface area contributed by atoms with Crippen molar-refractivity contribution in [1.82, 2.24) is 24.0 Å². The van der Waals surface area contributed by atoms with E-state index in [1.54, 1.807) is 0 Å². The summed E-state index contributed by atoms with van der Waals surface area (Å²) in [6, 6.07) is 6.67. The van der Waals surface area contributed by atoms with Crippen molar-refractivity contribution in [1.29, 1.82) is 0 Å². The minimum atomic E-state index is 0.437. The smallest absolute Gasteiger partial charge is 0.241 e. The van der Waals surface area contributed by atoms with Crippen LogP contribution in [0.3, 0.4) is 0 Å². The van der Waals surface area contributed by atoms with E-state index in [2.05, 4.69) is 68.2 Å². The van der Waals surface area contributed by atoms with E-state index >= 15 is 0 Å². The maximum Gasteiger partial charge on any atom is 0.241 e. The number of nitrogens with zero attached hydrogens (tertiary/aromatic N) is 5. The fourth-order valence-electron chi connectivity index (χ4n) is 3.84. The molecule has 6 nitrogen and oxygen atoms in total. The van der Waals surface area contributed by atoms with Gasteiger partial charge in [0.05, 0.1) is 11.7 Å². The fraction of sp³-hybridized carbons (Fsp3) is 0.350. The van der Waals surface area contributed by atoms with E-state index in [1.807, 2.05) is 39.8 Å². The minimum absolute atomic E-state index is 0.437. The van der Waals surface area contributed by atoms with Gasteiger partial charge in [0.15, 0.2) is 0 Å². The van der Waals surface area contributed by atoms with Gasteiger partial charge in [0.25, 0.3) is 0 Å². The number of aromatic nitrogens is 5. The molecule has 0 radical (unpaired) electrons. The third kappa shape index (κ3) is 3.28. The molecule has 138 valence electrons. The van der Waals surface area contributed by atoms with Crippen LogP contribution in [0.4, 0.5) is 5.95 Å². The first kappa shape index (κ1) is 17.0. The molecule has 0 atom stereocenters. The van der Waals surface area contributed by atoms with Crippen molar-refractivity contribution >= 4 is 39.7 Å². The highest BCUT2D eigenvalue weighted by Gasteiger charge is 2.28. The number of hydrogen-bond acceptors (Lipinski definition) is 4. The van der Waals surface area contributed by atoms with Gasteiger partial charge in [-0.25, -0.2) is 14.5 Å². The molecule has 0 aromatic carbocycles. The van der Waals surface area contributed by atoms with Crippen LogP contribution in [0.5, 0.6) is 0 Å². The third-order valence-electron chi connectivity index (χ3n) is 5.48. The highest BCUT2D eigenvalue weighted by atomic mass is 127. The summed E-state index contributed by atoms with van der Waals surface area (Å²) in [4.78, 5) is 8.89. The van der Waals surface area contributed by atoms with Gasteiger partial charge in [-0.05, 0) is 43.9 Å². The maximum absolute atomic E-state index is 4.68. The molecule has 4 heterocycles. The number of imidazole rings is 1. The number of alkyl halides is 1. The van der Waals surface area contributed by atoms with E-state index in [0.29, 0.717) is 15.4 Å². The van der Waals surface area contributed by atoms with Crippen molar-refractivity contribution in [2.24, 2.45) is 0 Å². The molecular weight excluding hydrogens is 451 g/mol. The molecule has 0 aliphatic heterocycles. The normalized spacial score (nSPS) is 23.1. The van der Waals surface area contributed by atoms with Crippen LogP contribution in [-0.4, -0.2) is 33.4 Å². The van der Waals surface area contributed by atoms with Crippen LogP contribution < -0.4 is 5.32 Å². The number of halogens is 1. The standard InChI is InChI=1S/C20H21IN6/c1-20(21)7-4-15(5-8-20)24-19-23-12-17-16(6-10-27(17)25-19)14-2-3-18-22-9-11-26(18)13-14/h2-3,6,9-13,15H,4-5,7-8H2,1H3,(H,24,25). The summed E-state index contributed by atoms with van der Waals surface area (Å²) in [6.45, 7) is 2.34. The van der Waals surface area contributed by atoms with Gasteiger partial charge in [0, 0.05) is 45.4 Å². The van der Waals surface area contributed by atoms with Crippen molar-refractivity contribution in [3.8, 4) is 11.1 Å². The molecule has 1 aliphatic carbocycles. The zero-order valence-electron chi connectivity index (χ0n) is 15.1. The second-order valence-corrected chi connectivity index (χ2v) is 10.2. The number of fused-ring (bicyclic) bond motifs is 2. The molecule has 7 heteroatoms. The number of anilines is 1. The molecule has 0 saturated heterocycles. The first-order valence-electron chi connectivity index (χ1n) is 9.30. The zero-order chi connectivity index (χ0) is 18.4. The predicted molar refractivity (Wildman–Crippen MR) is 115 cm³/mol. The summed E-state index contributed by atoms with van der Waals surface area (Å²) in [5.74, 6) is 0.705. The Kier molecular flexibility index (Phi) is 4.07. The molecule has 4 aromatic rings. The quantitative estimate of drug-likeness (QED) is 0.350. The third-order valence-corrected chi connectivity index (χ3v) is 6.56. The first-order chi connectivity index (χ1) is 13.1. The van der Waals surface area contributed by atoms with Crippen molar-refractivity contribution in [2.45, 2.75) is 42.1 Å². The van der Waals surface area contributed by atoms with E-state index < -0.39 is 0 Å². The Balaban J connectivity index is 1.41. The Morgan fingerprint density at radius 2 is 2.00 bits per heavy atom. The van der Waals surface area contributed by atoms with Crippen LogP contribution in [0, 0.1) is 0 Å². The van der Waals surface area contributed by atoms with Crippen molar-refractivity contribution in [3.05, 3.63) is 49.2 Å². The van der Waals surface area contributed by atoms with Gasteiger partial charge in [-0.1, -0.05) is 29.5 Å². The summed E-state index contributed by atoms with van der Waals surface area (Å²) >= 11 is 2.59. The molecule has 4 aromatic heterocycles. The molecule has 5 rings (SSSR count). The lowest BCUT2D eigenvalue weighted by molar-refractivity contribution is 0.407. The van der Waals surface area contributed by atoms with Crippen LogP contribution in [0.25, 0.3) is 22.3 Å². The summed E-state index contributed by atoms with van der Waals surface area (Å²) in [5.41, 5.74) is 4.19. The van der Waals surface area contributed by atoms with Crippen LogP contribution in [-0.2, 0) is 0 Å². The summed E-state index contributed by atoms with van der Waals surface area (Å²) in [6.07, 6.45) is 14.6. The zero-order valence-corrected chi connectivity index (χ0v) is 17.3. The van der Waals surface area contributed by atoms with Gasteiger partial charge in [-0.15, -0.1) is 5.10 Å². The Labute approximate surface area is 171 Å². The largest absolute Gasteiger partial charge is 0.350 e. The second kappa shape index (κ2) is 6.47. The SMILES string of the molecule is CC1(I)CCC(Nc2ncc3c(-c4ccc5nccn5c4)ccn3n2)CC1. The van der Waals surface area contributed by atoms with Crippen molar-refractivity contribution in [3.63, 3.8) is 0 Å². The van der Waals surface area contributed by atoms with Crippen molar-refractivity contribution in [2.75, 3.05) is 5.32 Å². The lowest BCUT2D eigenvalue weighted by Gasteiger charge is -2.33. The number of nitrogens with one attached hydrogen (secondary N) is 1. The maximum atomic E-state index is 4.68. The average Bonchev–Trinajstić information content (AvgIpc) is 3.29. The minimum Gasteiger partial charge on any atom is -0.350 e. The Morgan fingerprint density at radius 3 is 2.85 bits per heavy atom. The van der Waals surface area contributed by atoms with E-state index in [-0.39, 0.29) is 0 Å². The van der Waals surface area contributed by atoms with Crippen LogP contribution >= 0.6 is 22.6 Å². The summed E-state index contributed by atoms with van der Waals surface area (Å²) < 4.78 is 4.38.